The molecule has 0 fully saturated rings. The third-order valence-corrected chi connectivity index (χ3v) is 3.83. The molecule has 2 aromatic carbocycles. The maximum atomic E-state index is 13.4. The molecule has 0 aliphatic carbocycles. The molecule has 8 heteroatoms. The molecule has 0 bridgehead atoms. The van der Waals surface area contributed by atoms with Crippen molar-refractivity contribution in [2.24, 2.45) is 0 Å². The maximum Gasteiger partial charge on any atom is 0.203 e. The van der Waals surface area contributed by atoms with E-state index in [2.05, 4.69) is 15.3 Å². The number of benzene rings is 2. The Labute approximate surface area is 155 Å². The Bertz CT molecular complexity index is 940. The lowest BCUT2D eigenvalue weighted by Gasteiger charge is -2.15. The van der Waals surface area contributed by atoms with Crippen molar-refractivity contribution in [3.05, 3.63) is 48.4 Å². The van der Waals surface area contributed by atoms with Gasteiger partial charge < -0.3 is 25.3 Å². The van der Waals surface area contributed by atoms with Crippen LogP contribution in [-0.4, -0.2) is 31.3 Å². The number of anilines is 3. The van der Waals surface area contributed by atoms with Gasteiger partial charge in [-0.1, -0.05) is 12.1 Å². The second kappa shape index (κ2) is 7.77. The summed E-state index contributed by atoms with van der Waals surface area (Å²) >= 11 is 0. The smallest absolute Gasteiger partial charge is 0.203 e. The molecule has 0 saturated carbocycles. The van der Waals surface area contributed by atoms with Crippen molar-refractivity contribution in [1.82, 2.24) is 9.97 Å². The topological polar surface area (TPSA) is 91.5 Å². The molecule has 0 spiro atoms. The lowest BCUT2D eigenvalue weighted by atomic mass is 10.1. The predicted octanol–water partition coefficient (Wildman–Crippen LogP) is 3.63. The fraction of sp³-hybridized carbons (Fsp3) is 0.158. The standard InChI is InChI=1S/C19H19FN4O3/c1-25-14-8-13(9-15(26-2)18(14)27-3)23-16-10-22-17(19(21)24-16)11-5-4-6-12(20)7-11/h4-10H,1-3H3,(H3,21,23,24). The van der Waals surface area contributed by atoms with Gasteiger partial charge in [-0.3, -0.25) is 0 Å². The van der Waals surface area contributed by atoms with Crippen LogP contribution in [0.15, 0.2) is 42.6 Å². The van der Waals surface area contributed by atoms with Gasteiger partial charge >= 0.3 is 0 Å². The zero-order chi connectivity index (χ0) is 19.4. The van der Waals surface area contributed by atoms with Gasteiger partial charge in [0.15, 0.2) is 23.1 Å². The van der Waals surface area contributed by atoms with Crippen molar-refractivity contribution in [2.45, 2.75) is 0 Å². The molecule has 0 aliphatic rings. The Balaban J connectivity index is 1.91. The van der Waals surface area contributed by atoms with E-state index in [1.54, 1.807) is 24.3 Å². The number of rotatable bonds is 6. The van der Waals surface area contributed by atoms with Gasteiger partial charge in [-0.25, -0.2) is 14.4 Å². The van der Waals surface area contributed by atoms with Crippen molar-refractivity contribution in [3.63, 3.8) is 0 Å². The molecule has 1 aromatic heterocycles. The molecule has 0 unspecified atom stereocenters. The van der Waals surface area contributed by atoms with E-state index in [9.17, 15) is 4.39 Å². The molecule has 0 amide bonds. The van der Waals surface area contributed by atoms with Gasteiger partial charge in [-0.05, 0) is 12.1 Å². The second-order valence-electron chi connectivity index (χ2n) is 5.54. The van der Waals surface area contributed by atoms with Crippen LogP contribution in [0.2, 0.25) is 0 Å². The highest BCUT2D eigenvalue weighted by Crippen LogP contribution is 2.40. The van der Waals surface area contributed by atoms with E-state index in [0.717, 1.165) is 0 Å². The molecule has 3 rings (SSSR count). The van der Waals surface area contributed by atoms with Gasteiger partial charge in [0.1, 0.15) is 11.5 Å². The van der Waals surface area contributed by atoms with Crippen LogP contribution < -0.4 is 25.3 Å². The first-order valence-corrected chi connectivity index (χ1v) is 8.01. The Morgan fingerprint density at radius 2 is 1.70 bits per heavy atom. The van der Waals surface area contributed by atoms with Crippen molar-refractivity contribution >= 4 is 17.3 Å². The second-order valence-corrected chi connectivity index (χ2v) is 5.54. The summed E-state index contributed by atoms with van der Waals surface area (Å²) in [6.45, 7) is 0. The molecule has 0 radical (unpaired) electrons. The summed E-state index contributed by atoms with van der Waals surface area (Å²) in [5.41, 5.74) is 7.62. The Morgan fingerprint density at radius 3 is 2.26 bits per heavy atom. The number of aromatic nitrogens is 2. The average Bonchev–Trinajstić information content (AvgIpc) is 2.67. The predicted molar refractivity (Wildman–Crippen MR) is 101 cm³/mol. The molecule has 27 heavy (non-hydrogen) atoms. The SMILES string of the molecule is COc1cc(Nc2cnc(-c3cccc(F)c3)c(N)n2)cc(OC)c1OC. The van der Waals surface area contributed by atoms with Gasteiger partial charge in [0, 0.05) is 23.4 Å². The number of nitrogen functional groups attached to an aromatic ring is 1. The normalized spacial score (nSPS) is 10.4. The summed E-state index contributed by atoms with van der Waals surface area (Å²) in [5, 5.41) is 3.09. The van der Waals surface area contributed by atoms with E-state index < -0.39 is 0 Å². The Kier molecular flexibility index (Phi) is 5.25. The van der Waals surface area contributed by atoms with Gasteiger partial charge in [-0.15, -0.1) is 0 Å². The third kappa shape index (κ3) is 3.84. The quantitative estimate of drug-likeness (QED) is 0.684. The van der Waals surface area contributed by atoms with Gasteiger partial charge in [0.05, 0.1) is 27.5 Å². The van der Waals surface area contributed by atoms with E-state index in [1.165, 1.54) is 39.7 Å². The summed E-state index contributed by atoms with van der Waals surface area (Å²) < 4.78 is 29.4. The molecule has 0 aliphatic heterocycles. The highest BCUT2D eigenvalue weighted by atomic mass is 19.1. The number of hydrogen-bond acceptors (Lipinski definition) is 7. The highest BCUT2D eigenvalue weighted by molar-refractivity contribution is 5.72. The number of methoxy groups -OCH3 is 3. The molecule has 3 aromatic rings. The molecule has 0 atom stereocenters. The van der Waals surface area contributed by atoms with Gasteiger partial charge in [0.2, 0.25) is 5.75 Å². The number of ether oxygens (including phenoxy) is 3. The Morgan fingerprint density at radius 1 is 1.00 bits per heavy atom. The molecule has 3 N–H and O–H groups in total. The minimum Gasteiger partial charge on any atom is -0.493 e. The van der Waals surface area contributed by atoms with E-state index in [-0.39, 0.29) is 11.6 Å². The summed E-state index contributed by atoms with van der Waals surface area (Å²) in [4.78, 5) is 8.60. The third-order valence-electron chi connectivity index (χ3n) is 3.83. The van der Waals surface area contributed by atoms with Crippen LogP contribution in [0.3, 0.4) is 0 Å². The largest absolute Gasteiger partial charge is 0.493 e. The lowest BCUT2D eigenvalue weighted by Crippen LogP contribution is -2.03. The first kappa shape index (κ1) is 18.2. The first-order valence-electron chi connectivity index (χ1n) is 8.01. The first-order chi connectivity index (χ1) is 13.0. The van der Waals surface area contributed by atoms with Crippen molar-refractivity contribution < 1.29 is 18.6 Å². The summed E-state index contributed by atoms with van der Waals surface area (Å²) in [6, 6.07) is 9.49. The molecule has 140 valence electrons. The van der Waals surface area contributed by atoms with Crippen LogP contribution >= 0.6 is 0 Å². The van der Waals surface area contributed by atoms with Gasteiger partial charge in [0.25, 0.3) is 0 Å². The molecule has 1 heterocycles. The number of halogens is 1. The van der Waals surface area contributed by atoms with Crippen molar-refractivity contribution in [3.8, 4) is 28.5 Å². The molecule has 7 nitrogen and oxygen atoms in total. The highest BCUT2D eigenvalue weighted by Gasteiger charge is 2.14. The number of nitrogens with two attached hydrogens (primary N) is 1. The summed E-state index contributed by atoms with van der Waals surface area (Å²) in [5.74, 6) is 1.71. The van der Waals surface area contributed by atoms with E-state index >= 15 is 0 Å². The summed E-state index contributed by atoms with van der Waals surface area (Å²) in [7, 11) is 4.60. The minimum absolute atomic E-state index is 0.179. The van der Waals surface area contributed by atoms with Crippen LogP contribution in [0.25, 0.3) is 11.3 Å². The lowest BCUT2D eigenvalue weighted by molar-refractivity contribution is 0.324. The van der Waals surface area contributed by atoms with E-state index in [1.807, 2.05) is 0 Å². The van der Waals surface area contributed by atoms with Crippen LogP contribution in [0.1, 0.15) is 0 Å². The van der Waals surface area contributed by atoms with Crippen LogP contribution in [0.5, 0.6) is 17.2 Å². The molecular weight excluding hydrogens is 351 g/mol. The number of nitrogens with one attached hydrogen (secondary N) is 1. The zero-order valence-electron chi connectivity index (χ0n) is 15.1. The molecule has 0 saturated heterocycles. The fourth-order valence-corrected chi connectivity index (χ4v) is 2.62. The number of nitrogens with zero attached hydrogens (tertiary/aromatic N) is 2. The number of hydrogen-bond donors (Lipinski definition) is 2. The van der Waals surface area contributed by atoms with Crippen molar-refractivity contribution in [1.29, 1.82) is 0 Å². The Hall–Kier alpha value is -3.55. The maximum absolute atomic E-state index is 13.4. The monoisotopic (exact) mass is 370 g/mol. The van der Waals surface area contributed by atoms with Crippen molar-refractivity contribution in [2.75, 3.05) is 32.4 Å². The van der Waals surface area contributed by atoms with E-state index in [4.69, 9.17) is 19.9 Å². The minimum atomic E-state index is -0.367. The fourth-order valence-electron chi connectivity index (χ4n) is 2.62. The van der Waals surface area contributed by atoms with Gasteiger partial charge in [-0.2, -0.15) is 0 Å². The zero-order valence-corrected chi connectivity index (χ0v) is 15.1. The van der Waals surface area contributed by atoms with E-state index in [0.29, 0.717) is 40.0 Å². The van der Waals surface area contributed by atoms with Crippen LogP contribution in [-0.2, 0) is 0 Å². The van der Waals surface area contributed by atoms with Crippen LogP contribution in [0.4, 0.5) is 21.7 Å². The average molecular weight is 370 g/mol. The molecular formula is C19H19FN4O3. The van der Waals surface area contributed by atoms with Crippen LogP contribution in [0, 0.1) is 5.82 Å². The summed E-state index contributed by atoms with van der Waals surface area (Å²) in [6.07, 6.45) is 1.51.